The number of pyridine rings is 1. The molecule has 0 fully saturated rings. The molecule has 1 rings (SSSR count). The van der Waals surface area contributed by atoms with E-state index in [2.05, 4.69) is 4.98 Å². The highest BCUT2D eigenvalue weighted by molar-refractivity contribution is 6.27. The zero-order valence-electron chi connectivity index (χ0n) is 6.97. The van der Waals surface area contributed by atoms with E-state index in [1.165, 1.54) is 5.56 Å². The lowest BCUT2D eigenvalue weighted by Crippen LogP contribution is -2.09. The van der Waals surface area contributed by atoms with Crippen LogP contribution in [-0.4, -0.2) is 27.1 Å². The first-order valence-corrected chi connectivity index (χ1v) is 3.37. The molecule has 1 heterocycles. The maximum Gasteiger partial charge on any atom is 0.414 e. The summed E-state index contributed by atoms with van der Waals surface area (Å²) in [5.41, 5.74) is 1.26. The normalized spacial score (nSPS) is 8.08. The molecule has 13 heavy (non-hydrogen) atoms. The van der Waals surface area contributed by atoms with Crippen molar-refractivity contribution in [3.63, 3.8) is 0 Å². The predicted octanol–water partition coefficient (Wildman–Crippen LogP) is 0.546. The molecule has 0 atom stereocenters. The van der Waals surface area contributed by atoms with Gasteiger partial charge in [-0.2, -0.15) is 0 Å². The van der Waals surface area contributed by atoms with Gasteiger partial charge in [0.05, 0.1) is 0 Å². The van der Waals surface area contributed by atoms with Crippen LogP contribution in [0, 0.1) is 6.92 Å². The molecule has 5 heteroatoms. The van der Waals surface area contributed by atoms with E-state index < -0.39 is 11.9 Å². The average Bonchev–Trinajstić information content (AvgIpc) is 2.06. The first kappa shape index (κ1) is 11.1. The molecule has 0 aliphatic heterocycles. The predicted molar refractivity (Wildman–Crippen MR) is 44.2 cm³/mol. The van der Waals surface area contributed by atoms with Gasteiger partial charge in [-0.15, -0.1) is 0 Å². The highest BCUT2D eigenvalue weighted by Gasteiger charge is 2.04. The monoisotopic (exact) mass is 184 g/mol. The molecule has 0 unspecified atom stereocenters. The van der Waals surface area contributed by atoms with Crippen LogP contribution in [0.25, 0.3) is 0 Å². The summed E-state index contributed by atoms with van der Waals surface area (Å²) >= 11 is 0. The number of aromatic nitrogens is 1. The van der Waals surface area contributed by atoms with Gasteiger partial charge in [-0.25, -0.2) is 9.59 Å². The zero-order chi connectivity index (χ0) is 10.3. The fourth-order valence-electron chi connectivity index (χ4n) is 0.426. The van der Waals surface area contributed by atoms with E-state index in [1.54, 1.807) is 12.4 Å². The molecule has 1 aromatic rings. The van der Waals surface area contributed by atoms with Gasteiger partial charge in [-0.3, -0.25) is 4.98 Å². The Labute approximate surface area is 74.7 Å². The molecule has 0 spiro atoms. The largest absolute Gasteiger partial charge is 0.473 e. The van der Waals surface area contributed by atoms with Crippen molar-refractivity contribution in [2.24, 2.45) is 0 Å². The number of aryl methyl sites for hydroxylation is 1. The van der Waals surface area contributed by atoms with Crippen molar-refractivity contribution in [1.29, 1.82) is 0 Å². The summed E-state index contributed by atoms with van der Waals surface area (Å²) < 4.78 is 0. The van der Waals surface area contributed by atoms with E-state index in [9.17, 15) is 0 Å². The van der Waals surface area contributed by atoms with Crippen molar-refractivity contribution in [1.82, 2.24) is 4.98 Å². The van der Waals surface area contributed by atoms with Crippen molar-refractivity contribution in [2.45, 2.75) is 6.92 Å². The molecule has 70 valence electrons. The highest BCUT2D eigenvalue weighted by Crippen LogP contribution is 1.88. The van der Waals surface area contributed by atoms with Gasteiger partial charge in [0.15, 0.2) is 0 Å². The zero-order valence-corrected chi connectivity index (χ0v) is 6.97. The Bertz CT molecular complexity index is 271. The molecule has 0 amide bonds. The third-order valence-corrected chi connectivity index (χ3v) is 1.03. The quantitative estimate of drug-likeness (QED) is 0.575. The van der Waals surface area contributed by atoms with Crippen LogP contribution in [0.15, 0.2) is 24.5 Å². The summed E-state index contributed by atoms with van der Waals surface area (Å²) in [7, 11) is 0. The molecule has 0 aromatic carbocycles. The number of rotatable bonds is 0. The number of carbonyl (C=O) groups is 2. The Morgan fingerprint density at radius 3 is 1.69 bits per heavy atom. The Kier molecular flexibility index (Phi) is 4.87. The fourth-order valence-corrected chi connectivity index (χ4v) is 0.426. The number of carboxylic acids is 2. The second-order valence-electron chi connectivity index (χ2n) is 2.13. The van der Waals surface area contributed by atoms with Gasteiger partial charge in [-0.05, 0) is 24.6 Å². The Hall–Kier alpha value is -1.91. The van der Waals surface area contributed by atoms with Crippen LogP contribution in [0.4, 0.5) is 0 Å². The van der Waals surface area contributed by atoms with Crippen molar-refractivity contribution in [3.8, 4) is 0 Å². The van der Waals surface area contributed by atoms with Crippen LogP contribution in [0.5, 0.6) is 0 Å². The minimum absolute atomic E-state index is 1.26. The summed E-state index contributed by atoms with van der Waals surface area (Å²) in [6.07, 6.45) is 3.57. The number of hydrogen-bond donors (Lipinski definition) is 2. The molecule has 1 aromatic heterocycles. The van der Waals surface area contributed by atoms with Crippen LogP contribution in [0.1, 0.15) is 5.56 Å². The first-order chi connectivity index (χ1) is 6.04. The average molecular weight is 184 g/mol. The summed E-state index contributed by atoms with van der Waals surface area (Å²) in [5.74, 6) is -3.65. The molecular formula is C8H9NO4. The third-order valence-electron chi connectivity index (χ3n) is 1.03. The number of carboxylic acid groups (broad SMARTS) is 2. The van der Waals surface area contributed by atoms with Gasteiger partial charge < -0.3 is 10.2 Å². The molecule has 0 radical (unpaired) electrons. The summed E-state index contributed by atoms with van der Waals surface area (Å²) in [4.78, 5) is 22.0. The Morgan fingerprint density at radius 1 is 1.15 bits per heavy atom. The van der Waals surface area contributed by atoms with Crippen LogP contribution in [0.2, 0.25) is 0 Å². The maximum atomic E-state index is 9.10. The third kappa shape index (κ3) is 6.49. The van der Waals surface area contributed by atoms with Crippen LogP contribution in [0.3, 0.4) is 0 Å². The van der Waals surface area contributed by atoms with E-state index in [0.717, 1.165) is 0 Å². The van der Waals surface area contributed by atoms with Crippen molar-refractivity contribution in [2.75, 3.05) is 0 Å². The lowest BCUT2D eigenvalue weighted by Gasteiger charge is -1.82. The van der Waals surface area contributed by atoms with Crippen LogP contribution >= 0.6 is 0 Å². The number of aliphatic carboxylic acids is 2. The summed E-state index contributed by atoms with van der Waals surface area (Å²) in [5, 5.41) is 14.8. The van der Waals surface area contributed by atoms with Gasteiger partial charge >= 0.3 is 11.9 Å². The summed E-state index contributed by atoms with van der Waals surface area (Å²) in [6, 6.07) is 3.94. The standard InChI is InChI=1S/C6H7N.C2H2O4/c1-6-2-4-7-5-3-6;3-1(4)2(5)6/h2-5H,1H3;(H,3,4)(H,5,6)/i7+1;. The maximum absolute atomic E-state index is 9.10. The molecule has 0 saturated carbocycles. The Balaban J connectivity index is 0.000000226. The minimum Gasteiger partial charge on any atom is -0.473 e. The topological polar surface area (TPSA) is 87.5 Å². The lowest BCUT2D eigenvalue weighted by atomic mass is 10.3. The highest BCUT2D eigenvalue weighted by atomic mass is 16.4. The smallest absolute Gasteiger partial charge is 0.414 e. The van der Waals surface area contributed by atoms with E-state index in [-0.39, 0.29) is 0 Å². The van der Waals surface area contributed by atoms with Crippen LogP contribution < -0.4 is 0 Å². The van der Waals surface area contributed by atoms with E-state index in [0.29, 0.717) is 0 Å². The molecule has 0 saturated heterocycles. The second-order valence-corrected chi connectivity index (χ2v) is 2.13. The molecular weight excluding hydrogens is 175 g/mol. The van der Waals surface area contributed by atoms with Crippen molar-refractivity contribution < 1.29 is 19.8 Å². The van der Waals surface area contributed by atoms with Crippen molar-refractivity contribution >= 4 is 11.9 Å². The van der Waals surface area contributed by atoms with Gasteiger partial charge in [0.25, 0.3) is 0 Å². The van der Waals surface area contributed by atoms with Gasteiger partial charge in [0, 0.05) is 12.4 Å². The molecule has 0 aliphatic carbocycles. The van der Waals surface area contributed by atoms with Crippen molar-refractivity contribution in [3.05, 3.63) is 30.1 Å². The molecule has 2 N–H and O–H groups in total. The lowest BCUT2D eigenvalue weighted by molar-refractivity contribution is -0.159. The number of nitrogens with zero attached hydrogens (tertiary/aromatic N) is 1. The van der Waals surface area contributed by atoms with Gasteiger partial charge in [-0.1, -0.05) is 0 Å². The summed E-state index contributed by atoms with van der Waals surface area (Å²) in [6.45, 7) is 2.04. The van der Waals surface area contributed by atoms with Crippen LogP contribution in [-0.2, 0) is 9.59 Å². The van der Waals surface area contributed by atoms with Gasteiger partial charge in [0.1, 0.15) is 0 Å². The minimum atomic E-state index is -1.82. The molecule has 0 aliphatic rings. The molecule has 0 bridgehead atoms. The Morgan fingerprint density at radius 2 is 1.54 bits per heavy atom. The fraction of sp³-hybridized carbons (Fsp3) is 0.125. The number of hydrogen-bond acceptors (Lipinski definition) is 3. The SMILES string of the molecule is Cc1cc[15n]cc1.O=C(O)C(=O)O. The first-order valence-electron chi connectivity index (χ1n) is 3.37. The molecule has 5 nitrogen and oxygen atoms in total. The van der Waals surface area contributed by atoms with E-state index >= 15 is 0 Å². The van der Waals surface area contributed by atoms with E-state index in [4.69, 9.17) is 19.8 Å². The van der Waals surface area contributed by atoms with Gasteiger partial charge in [0.2, 0.25) is 0 Å². The van der Waals surface area contributed by atoms with E-state index in [1.807, 2.05) is 19.1 Å². The second kappa shape index (κ2) is 5.70.